The SMILES string of the molecule is CC1(C)CCCCC1C(=O)Nc1c(N)cccc1Cl. The van der Waals surface area contributed by atoms with E-state index in [9.17, 15) is 4.79 Å². The normalized spacial score (nSPS) is 21.9. The zero-order valence-corrected chi connectivity index (χ0v) is 12.3. The Morgan fingerprint density at radius 1 is 1.42 bits per heavy atom. The zero-order chi connectivity index (χ0) is 14.0. The van der Waals surface area contributed by atoms with Crippen LogP contribution in [0.15, 0.2) is 18.2 Å². The Morgan fingerprint density at radius 3 is 2.79 bits per heavy atom. The molecular weight excluding hydrogens is 260 g/mol. The number of anilines is 2. The number of para-hydroxylation sites is 1. The molecule has 3 N–H and O–H groups in total. The van der Waals surface area contributed by atoms with Crippen LogP contribution in [0.3, 0.4) is 0 Å². The lowest BCUT2D eigenvalue weighted by Crippen LogP contribution is -2.37. The summed E-state index contributed by atoms with van der Waals surface area (Å²) in [6.07, 6.45) is 4.33. The van der Waals surface area contributed by atoms with Crippen LogP contribution in [-0.2, 0) is 4.79 Å². The molecule has 4 heteroatoms. The number of hydrogen-bond donors (Lipinski definition) is 2. The van der Waals surface area contributed by atoms with Gasteiger partial charge in [-0.15, -0.1) is 0 Å². The van der Waals surface area contributed by atoms with Crippen molar-refractivity contribution in [1.29, 1.82) is 0 Å². The first kappa shape index (κ1) is 14.2. The van der Waals surface area contributed by atoms with Gasteiger partial charge < -0.3 is 11.1 Å². The fourth-order valence-electron chi connectivity index (χ4n) is 2.86. The molecule has 0 bridgehead atoms. The van der Waals surface area contributed by atoms with E-state index >= 15 is 0 Å². The van der Waals surface area contributed by atoms with Gasteiger partial charge in [0.05, 0.1) is 16.4 Å². The quantitative estimate of drug-likeness (QED) is 0.802. The van der Waals surface area contributed by atoms with Gasteiger partial charge in [-0.3, -0.25) is 4.79 Å². The van der Waals surface area contributed by atoms with Crippen LogP contribution in [0, 0.1) is 11.3 Å². The lowest BCUT2D eigenvalue weighted by molar-refractivity contribution is -0.124. The number of nitrogens with one attached hydrogen (secondary N) is 1. The summed E-state index contributed by atoms with van der Waals surface area (Å²) in [4.78, 5) is 12.5. The topological polar surface area (TPSA) is 55.1 Å². The summed E-state index contributed by atoms with van der Waals surface area (Å²) in [6, 6.07) is 5.25. The van der Waals surface area contributed by atoms with Crippen molar-refractivity contribution in [3.63, 3.8) is 0 Å². The molecule has 1 saturated carbocycles. The molecule has 0 aliphatic heterocycles. The van der Waals surface area contributed by atoms with Gasteiger partial charge in [0, 0.05) is 5.92 Å². The number of hydrogen-bond acceptors (Lipinski definition) is 2. The molecule has 3 nitrogen and oxygen atoms in total. The van der Waals surface area contributed by atoms with E-state index in [1.54, 1.807) is 18.2 Å². The molecule has 104 valence electrons. The third-order valence-corrected chi connectivity index (χ3v) is 4.43. The summed E-state index contributed by atoms with van der Waals surface area (Å²) >= 11 is 6.09. The summed E-state index contributed by atoms with van der Waals surface area (Å²) in [6.45, 7) is 4.32. The van der Waals surface area contributed by atoms with Crippen molar-refractivity contribution in [2.75, 3.05) is 11.1 Å². The smallest absolute Gasteiger partial charge is 0.228 e. The second kappa shape index (κ2) is 5.41. The Bertz CT molecular complexity index is 465. The summed E-state index contributed by atoms with van der Waals surface area (Å²) in [5, 5.41) is 3.40. The Balaban J connectivity index is 2.17. The first-order valence-corrected chi connectivity index (χ1v) is 7.14. The second-order valence-corrected chi connectivity index (χ2v) is 6.39. The monoisotopic (exact) mass is 280 g/mol. The van der Waals surface area contributed by atoms with Crippen LogP contribution in [-0.4, -0.2) is 5.91 Å². The van der Waals surface area contributed by atoms with E-state index < -0.39 is 0 Å². The first-order chi connectivity index (χ1) is 8.92. The molecule has 2 rings (SSSR count). The van der Waals surface area contributed by atoms with Crippen LogP contribution in [0.4, 0.5) is 11.4 Å². The summed E-state index contributed by atoms with van der Waals surface area (Å²) < 4.78 is 0. The highest BCUT2D eigenvalue weighted by atomic mass is 35.5. The molecule has 1 unspecified atom stereocenters. The largest absolute Gasteiger partial charge is 0.397 e. The minimum absolute atomic E-state index is 0.0249. The molecular formula is C15H21ClN2O. The minimum Gasteiger partial charge on any atom is -0.397 e. The van der Waals surface area contributed by atoms with Gasteiger partial charge in [-0.2, -0.15) is 0 Å². The molecule has 1 fully saturated rings. The number of benzene rings is 1. The minimum atomic E-state index is 0.0249. The van der Waals surface area contributed by atoms with E-state index in [1.807, 2.05) is 0 Å². The Kier molecular flexibility index (Phi) is 4.04. The second-order valence-electron chi connectivity index (χ2n) is 5.98. The van der Waals surface area contributed by atoms with Gasteiger partial charge in [0.2, 0.25) is 5.91 Å². The van der Waals surface area contributed by atoms with Crippen LogP contribution in [0.2, 0.25) is 5.02 Å². The number of rotatable bonds is 2. The highest BCUT2D eigenvalue weighted by molar-refractivity contribution is 6.34. The fourth-order valence-corrected chi connectivity index (χ4v) is 3.09. The molecule has 0 radical (unpaired) electrons. The molecule has 1 aliphatic carbocycles. The fraction of sp³-hybridized carbons (Fsp3) is 0.533. The van der Waals surface area contributed by atoms with Gasteiger partial charge in [0.1, 0.15) is 0 Å². The molecule has 1 aliphatic rings. The number of halogens is 1. The average molecular weight is 281 g/mol. The van der Waals surface area contributed by atoms with Gasteiger partial charge >= 0.3 is 0 Å². The maximum Gasteiger partial charge on any atom is 0.228 e. The zero-order valence-electron chi connectivity index (χ0n) is 11.5. The van der Waals surface area contributed by atoms with E-state index in [4.69, 9.17) is 17.3 Å². The van der Waals surface area contributed by atoms with Crippen LogP contribution in [0.25, 0.3) is 0 Å². The Hall–Kier alpha value is -1.22. The first-order valence-electron chi connectivity index (χ1n) is 6.76. The maximum atomic E-state index is 12.5. The summed E-state index contributed by atoms with van der Waals surface area (Å²) in [7, 11) is 0. The van der Waals surface area contributed by atoms with Crippen LogP contribution in [0.1, 0.15) is 39.5 Å². The van der Waals surface area contributed by atoms with E-state index in [1.165, 1.54) is 6.42 Å². The lowest BCUT2D eigenvalue weighted by Gasteiger charge is -2.37. The third-order valence-electron chi connectivity index (χ3n) is 4.12. The van der Waals surface area contributed by atoms with Gasteiger partial charge in [0.25, 0.3) is 0 Å². The van der Waals surface area contributed by atoms with Crippen molar-refractivity contribution in [3.8, 4) is 0 Å². The number of carbonyl (C=O) groups is 1. The maximum absolute atomic E-state index is 12.5. The van der Waals surface area contributed by atoms with E-state index in [0.717, 1.165) is 19.3 Å². The Morgan fingerprint density at radius 2 is 2.16 bits per heavy atom. The predicted molar refractivity (Wildman–Crippen MR) is 80.2 cm³/mol. The molecule has 1 aromatic carbocycles. The average Bonchev–Trinajstić information content (AvgIpc) is 2.33. The highest BCUT2D eigenvalue weighted by Crippen LogP contribution is 2.41. The molecule has 19 heavy (non-hydrogen) atoms. The highest BCUT2D eigenvalue weighted by Gasteiger charge is 2.37. The molecule has 0 spiro atoms. The van der Waals surface area contributed by atoms with Crippen molar-refractivity contribution >= 4 is 28.9 Å². The number of carbonyl (C=O) groups excluding carboxylic acids is 1. The van der Waals surface area contributed by atoms with Gasteiger partial charge in [0.15, 0.2) is 0 Å². The van der Waals surface area contributed by atoms with Crippen LogP contribution in [0.5, 0.6) is 0 Å². The molecule has 0 heterocycles. The van der Waals surface area contributed by atoms with Gasteiger partial charge in [-0.1, -0.05) is 44.4 Å². The van der Waals surface area contributed by atoms with Crippen LogP contribution >= 0.6 is 11.6 Å². The molecule has 1 aromatic rings. The predicted octanol–water partition coefficient (Wildman–Crippen LogP) is 4.08. The number of amides is 1. The lowest BCUT2D eigenvalue weighted by atomic mass is 9.68. The summed E-state index contributed by atoms with van der Waals surface area (Å²) in [5.41, 5.74) is 6.95. The third kappa shape index (κ3) is 3.03. The summed E-state index contributed by atoms with van der Waals surface area (Å²) in [5.74, 6) is 0.0569. The molecule has 0 saturated heterocycles. The molecule has 1 amide bonds. The van der Waals surface area contributed by atoms with Crippen molar-refractivity contribution in [2.45, 2.75) is 39.5 Å². The van der Waals surface area contributed by atoms with Crippen molar-refractivity contribution < 1.29 is 4.79 Å². The van der Waals surface area contributed by atoms with Gasteiger partial charge in [-0.05, 0) is 30.4 Å². The number of nitrogens with two attached hydrogens (primary N) is 1. The van der Waals surface area contributed by atoms with Crippen molar-refractivity contribution in [3.05, 3.63) is 23.2 Å². The standard InChI is InChI=1S/C15H21ClN2O/c1-15(2)9-4-3-6-10(15)14(19)18-13-11(16)7-5-8-12(13)17/h5,7-8,10H,3-4,6,9,17H2,1-2H3,(H,18,19). The van der Waals surface area contributed by atoms with Crippen LogP contribution < -0.4 is 11.1 Å². The molecule has 0 aromatic heterocycles. The van der Waals surface area contributed by atoms with E-state index in [0.29, 0.717) is 16.4 Å². The van der Waals surface area contributed by atoms with Crippen molar-refractivity contribution in [2.24, 2.45) is 11.3 Å². The van der Waals surface area contributed by atoms with Gasteiger partial charge in [-0.25, -0.2) is 0 Å². The number of nitrogen functional groups attached to an aromatic ring is 1. The molecule has 1 atom stereocenters. The van der Waals surface area contributed by atoms with E-state index in [2.05, 4.69) is 19.2 Å². The van der Waals surface area contributed by atoms with E-state index in [-0.39, 0.29) is 17.2 Å². The van der Waals surface area contributed by atoms with Crippen molar-refractivity contribution in [1.82, 2.24) is 0 Å². The Labute approximate surface area is 119 Å².